The number of carbonyl (C=O) groups excluding carboxylic acids is 3. The van der Waals surface area contributed by atoms with Crippen molar-refractivity contribution in [1.82, 2.24) is 10.6 Å². The third kappa shape index (κ3) is 3.14. The number of nitrogens with one attached hydrogen (secondary N) is 2. The zero-order valence-electron chi connectivity index (χ0n) is 7.71. The number of carbonyl (C=O) groups is 3. The van der Waals surface area contributed by atoms with Crippen LogP contribution in [0.4, 0.5) is 0 Å². The minimum absolute atomic E-state index is 0.192. The largest absolute Gasteiger partial charge is 0.370 e. The van der Waals surface area contributed by atoms with Crippen LogP contribution in [0, 0.1) is 0 Å². The van der Waals surface area contributed by atoms with E-state index in [4.69, 9.17) is 5.73 Å². The molecule has 1 atom stereocenters. The van der Waals surface area contributed by atoms with E-state index in [2.05, 4.69) is 10.6 Å². The van der Waals surface area contributed by atoms with Crippen LogP contribution in [-0.4, -0.2) is 30.3 Å². The number of rotatable bonds is 4. The van der Waals surface area contributed by atoms with E-state index in [0.717, 1.165) is 0 Å². The number of hydrogen-bond acceptors (Lipinski definition) is 4. The Kier molecular flexibility index (Phi) is 3.58. The summed E-state index contributed by atoms with van der Waals surface area (Å²) in [6, 6.07) is -0.382. The van der Waals surface area contributed by atoms with Crippen molar-refractivity contribution in [1.29, 1.82) is 0 Å². The first-order chi connectivity index (χ1) is 6.59. The first-order valence-electron chi connectivity index (χ1n) is 4.45. The van der Waals surface area contributed by atoms with E-state index in [-0.39, 0.29) is 24.3 Å². The van der Waals surface area contributed by atoms with Gasteiger partial charge in [-0.3, -0.25) is 19.7 Å². The topological polar surface area (TPSA) is 101 Å². The van der Waals surface area contributed by atoms with E-state index in [1.54, 1.807) is 0 Å². The fourth-order valence-electron chi connectivity index (χ4n) is 1.26. The molecule has 0 aliphatic carbocycles. The molecule has 1 aliphatic heterocycles. The van der Waals surface area contributed by atoms with E-state index >= 15 is 0 Å². The molecule has 0 bridgehead atoms. The molecular weight excluding hydrogens is 186 g/mol. The molecule has 0 radical (unpaired) electrons. The Hall–Kier alpha value is -1.43. The normalized spacial score (nSPS) is 21.9. The van der Waals surface area contributed by atoms with Gasteiger partial charge in [0.15, 0.2) is 0 Å². The molecular formula is C8H13N3O3. The van der Waals surface area contributed by atoms with Crippen LogP contribution in [0.25, 0.3) is 0 Å². The predicted molar refractivity (Wildman–Crippen MR) is 48.0 cm³/mol. The maximum atomic E-state index is 11.2. The maximum absolute atomic E-state index is 11.2. The fourth-order valence-corrected chi connectivity index (χ4v) is 1.26. The molecule has 6 nitrogen and oxygen atoms in total. The molecule has 0 aromatic carbocycles. The van der Waals surface area contributed by atoms with Crippen LogP contribution in [0.5, 0.6) is 0 Å². The highest BCUT2D eigenvalue weighted by atomic mass is 16.2. The second-order valence-electron chi connectivity index (χ2n) is 3.17. The lowest BCUT2D eigenvalue weighted by molar-refractivity contribution is -0.135. The average molecular weight is 199 g/mol. The quantitative estimate of drug-likeness (QED) is 0.467. The fraction of sp³-hybridized carbons (Fsp3) is 0.625. The zero-order valence-corrected chi connectivity index (χ0v) is 7.71. The Labute approximate surface area is 81.2 Å². The lowest BCUT2D eigenvalue weighted by Gasteiger charge is -2.21. The van der Waals surface area contributed by atoms with E-state index in [9.17, 15) is 14.4 Å². The molecule has 1 heterocycles. The van der Waals surface area contributed by atoms with Crippen molar-refractivity contribution in [3.05, 3.63) is 0 Å². The Morgan fingerprint density at radius 2 is 2.29 bits per heavy atom. The van der Waals surface area contributed by atoms with Crippen LogP contribution < -0.4 is 16.4 Å². The molecule has 1 rings (SSSR count). The summed E-state index contributed by atoms with van der Waals surface area (Å²) in [7, 11) is 0. The highest BCUT2D eigenvalue weighted by Crippen LogP contribution is 2.03. The minimum Gasteiger partial charge on any atom is -0.370 e. The summed E-state index contributed by atoms with van der Waals surface area (Å²) in [5.74, 6) is -0.988. The number of nitrogens with two attached hydrogens (primary N) is 1. The Morgan fingerprint density at radius 1 is 1.57 bits per heavy atom. The molecule has 1 fully saturated rings. The molecule has 78 valence electrons. The van der Waals surface area contributed by atoms with Crippen LogP contribution in [0.2, 0.25) is 0 Å². The van der Waals surface area contributed by atoms with Gasteiger partial charge in [-0.05, 0) is 6.42 Å². The second kappa shape index (κ2) is 4.71. The number of piperidine rings is 1. The molecule has 1 aliphatic rings. The standard InChI is InChI=1S/C8H13N3O3/c9-6(12)3-4-10-5-1-2-7(13)11-8(5)14/h5,10H,1-4H2,(H2,9,12)(H,11,13,14). The van der Waals surface area contributed by atoms with E-state index in [1.807, 2.05) is 0 Å². The van der Waals surface area contributed by atoms with Crippen LogP contribution >= 0.6 is 0 Å². The molecule has 6 heteroatoms. The van der Waals surface area contributed by atoms with Gasteiger partial charge in [0.25, 0.3) is 0 Å². The van der Waals surface area contributed by atoms with Gasteiger partial charge >= 0.3 is 0 Å². The molecule has 1 saturated heterocycles. The molecule has 1 unspecified atom stereocenters. The van der Waals surface area contributed by atoms with Crippen molar-refractivity contribution >= 4 is 17.7 Å². The second-order valence-corrected chi connectivity index (χ2v) is 3.17. The third-order valence-corrected chi connectivity index (χ3v) is 2.00. The first-order valence-corrected chi connectivity index (χ1v) is 4.45. The van der Waals surface area contributed by atoms with Crippen LogP contribution in [0.1, 0.15) is 19.3 Å². The number of primary amides is 1. The van der Waals surface area contributed by atoms with Crippen LogP contribution in [0.15, 0.2) is 0 Å². The first kappa shape index (κ1) is 10.6. The smallest absolute Gasteiger partial charge is 0.243 e. The molecule has 14 heavy (non-hydrogen) atoms. The molecule has 0 aromatic rings. The summed E-state index contributed by atoms with van der Waals surface area (Å²) in [6.07, 6.45) is 1.00. The van der Waals surface area contributed by atoms with Crippen molar-refractivity contribution in [2.75, 3.05) is 6.54 Å². The summed E-state index contributed by atoms with van der Waals surface area (Å²) >= 11 is 0. The Balaban J connectivity index is 2.27. The molecule has 0 aromatic heterocycles. The summed E-state index contributed by atoms with van der Waals surface area (Å²) in [4.78, 5) is 32.3. The lowest BCUT2D eigenvalue weighted by Crippen LogP contribution is -2.51. The van der Waals surface area contributed by atoms with Gasteiger partial charge < -0.3 is 11.1 Å². The molecule has 0 spiro atoms. The predicted octanol–water partition coefficient (Wildman–Crippen LogP) is -1.74. The number of imide groups is 1. The summed E-state index contributed by atoms with van der Waals surface area (Å²) < 4.78 is 0. The van der Waals surface area contributed by atoms with Crippen molar-refractivity contribution < 1.29 is 14.4 Å². The summed E-state index contributed by atoms with van der Waals surface area (Å²) in [5, 5.41) is 5.07. The van der Waals surface area contributed by atoms with Crippen molar-refractivity contribution in [3.8, 4) is 0 Å². The van der Waals surface area contributed by atoms with Gasteiger partial charge in [-0.25, -0.2) is 0 Å². The molecule has 3 amide bonds. The van der Waals surface area contributed by atoms with E-state index < -0.39 is 5.91 Å². The SMILES string of the molecule is NC(=O)CCNC1CCC(=O)NC1=O. The highest BCUT2D eigenvalue weighted by Gasteiger charge is 2.25. The molecule has 0 saturated carbocycles. The maximum Gasteiger partial charge on any atom is 0.243 e. The van der Waals surface area contributed by atoms with Crippen molar-refractivity contribution in [2.24, 2.45) is 5.73 Å². The van der Waals surface area contributed by atoms with Gasteiger partial charge in [-0.2, -0.15) is 0 Å². The van der Waals surface area contributed by atoms with Crippen LogP contribution in [-0.2, 0) is 14.4 Å². The van der Waals surface area contributed by atoms with Gasteiger partial charge in [-0.15, -0.1) is 0 Å². The van der Waals surface area contributed by atoms with Gasteiger partial charge in [0.05, 0.1) is 6.04 Å². The third-order valence-electron chi connectivity index (χ3n) is 2.00. The van der Waals surface area contributed by atoms with Gasteiger partial charge in [0.1, 0.15) is 0 Å². The lowest BCUT2D eigenvalue weighted by atomic mass is 10.1. The summed E-state index contributed by atoms with van der Waals surface area (Å²) in [6.45, 7) is 0.363. The molecule has 4 N–H and O–H groups in total. The number of amides is 3. The monoisotopic (exact) mass is 199 g/mol. The Morgan fingerprint density at radius 3 is 2.86 bits per heavy atom. The Bertz CT molecular complexity index is 265. The average Bonchev–Trinajstić information content (AvgIpc) is 2.08. The van der Waals surface area contributed by atoms with Gasteiger partial charge in [0.2, 0.25) is 17.7 Å². The van der Waals surface area contributed by atoms with Crippen molar-refractivity contribution in [2.45, 2.75) is 25.3 Å². The van der Waals surface area contributed by atoms with E-state index in [1.165, 1.54) is 0 Å². The number of hydrogen-bond donors (Lipinski definition) is 3. The van der Waals surface area contributed by atoms with Gasteiger partial charge in [0, 0.05) is 19.4 Å². The summed E-state index contributed by atoms with van der Waals surface area (Å²) in [5.41, 5.74) is 4.93. The van der Waals surface area contributed by atoms with Crippen LogP contribution in [0.3, 0.4) is 0 Å². The minimum atomic E-state index is -0.412. The highest BCUT2D eigenvalue weighted by molar-refractivity contribution is 6.00. The van der Waals surface area contributed by atoms with E-state index in [0.29, 0.717) is 19.4 Å². The zero-order chi connectivity index (χ0) is 10.6. The van der Waals surface area contributed by atoms with Crippen molar-refractivity contribution in [3.63, 3.8) is 0 Å². The van der Waals surface area contributed by atoms with Gasteiger partial charge in [-0.1, -0.05) is 0 Å².